The molecule has 1 fully saturated rings. The molecule has 1 aliphatic heterocycles. The van der Waals surface area contributed by atoms with Crippen molar-refractivity contribution in [2.45, 2.75) is 32.2 Å². The van der Waals surface area contributed by atoms with Crippen molar-refractivity contribution in [1.29, 1.82) is 0 Å². The fourth-order valence-corrected chi connectivity index (χ4v) is 3.09. The fourth-order valence-electron chi connectivity index (χ4n) is 3.09. The van der Waals surface area contributed by atoms with E-state index in [-0.39, 0.29) is 18.3 Å². The van der Waals surface area contributed by atoms with Crippen LogP contribution in [0.15, 0.2) is 54.6 Å². The SMILES string of the molecule is Cl.O=C(CCC1CCNCC1)NCc1ccc(Oc2ccccc2)cc1. The number of nitrogens with one attached hydrogen (secondary N) is 2. The molecule has 26 heavy (non-hydrogen) atoms. The van der Waals surface area contributed by atoms with Gasteiger partial charge in [0.1, 0.15) is 11.5 Å². The molecule has 0 spiro atoms. The van der Waals surface area contributed by atoms with Crippen LogP contribution in [0.5, 0.6) is 11.5 Å². The summed E-state index contributed by atoms with van der Waals surface area (Å²) in [6.07, 6.45) is 4.00. The number of para-hydroxylation sites is 1. The molecule has 0 unspecified atom stereocenters. The Morgan fingerprint density at radius 1 is 1.00 bits per heavy atom. The molecule has 3 rings (SSSR count). The molecule has 1 saturated heterocycles. The number of rotatable bonds is 7. The number of benzene rings is 2. The number of ether oxygens (including phenoxy) is 1. The Morgan fingerprint density at radius 3 is 2.35 bits per heavy atom. The first-order chi connectivity index (χ1) is 12.3. The molecule has 0 aliphatic carbocycles. The van der Waals surface area contributed by atoms with Gasteiger partial charge in [0.15, 0.2) is 0 Å². The molecule has 0 saturated carbocycles. The minimum atomic E-state index is 0. The van der Waals surface area contributed by atoms with Crippen LogP contribution in [0.3, 0.4) is 0 Å². The molecule has 1 amide bonds. The van der Waals surface area contributed by atoms with Crippen LogP contribution in [0.4, 0.5) is 0 Å². The Balaban J connectivity index is 0.00000243. The molecule has 2 N–H and O–H groups in total. The second kappa shape index (κ2) is 10.8. The lowest BCUT2D eigenvalue weighted by atomic mass is 9.93. The van der Waals surface area contributed by atoms with E-state index in [1.165, 1.54) is 12.8 Å². The topological polar surface area (TPSA) is 50.4 Å². The first kappa shape index (κ1) is 20.3. The van der Waals surface area contributed by atoms with Gasteiger partial charge in [-0.3, -0.25) is 4.79 Å². The van der Waals surface area contributed by atoms with Gasteiger partial charge in [0.2, 0.25) is 5.91 Å². The van der Waals surface area contributed by atoms with E-state index in [2.05, 4.69) is 10.6 Å². The van der Waals surface area contributed by atoms with Gasteiger partial charge in [-0.15, -0.1) is 12.4 Å². The Morgan fingerprint density at radius 2 is 1.65 bits per heavy atom. The molecule has 0 aromatic heterocycles. The van der Waals surface area contributed by atoms with E-state index in [1.807, 2.05) is 54.6 Å². The van der Waals surface area contributed by atoms with Gasteiger partial charge in [0, 0.05) is 13.0 Å². The summed E-state index contributed by atoms with van der Waals surface area (Å²) in [5.74, 6) is 2.46. The van der Waals surface area contributed by atoms with Gasteiger partial charge >= 0.3 is 0 Å². The molecular weight excluding hydrogens is 348 g/mol. The zero-order valence-electron chi connectivity index (χ0n) is 14.9. The highest BCUT2D eigenvalue weighted by Crippen LogP contribution is 2.21. The van der Waals surface area contributed by atoms with Gasteiger partial charge in [-0.1, -0.05) is 30.3 Å². The van der Waals surface area contributed by atoms with Crippen molar-refractivity contribution in [1.82, 2.24) is 10.6 Å². The lowest BCUT2D eigenvalue weighted by molar-refractivity contribution is -0.121. The largest absolute Gasteiger partial charge is 0.457 e. The number of carbonyl (C=O) groups is 1. The van der Waals surface area contributed by atoms with Crippen molar-refractivity contribution < 1.29 is 9.53 Å². The average molecular weight is 375 g/mol. The van der Waals surface area contributed by atoms with Crippen LogP contribution in [0.25, 0.3) is 0 Å². The van der Waals surface area contributed by atoms with Crippen molar-refractivity contribution in [3.63, 3.8) is 0 Å². The number of amides is 1. The summed E-state index contributed by atoms with van der Waals surface area (Å²) >= 11 is 0. The number of hydrogen-bond donors (Lipinski definition) is 2. The number of piperidine rings is 1. The monoisotopic (exact) mass is 374 g/mol. The van der Waals surface area contributed by atoms with Gasteiger partial charge in [0.05, 0.1) is 0 Å². The van der Waals surface area contributed by atoms with Gasteiger partial charge in [-0.25, -0.2) is 0 Å². The van der Waals surface area contributed by atoms with E-state index >= 15 is 0 Å². The lowest BCUT2D eigenvalue weighted by Gasteiger charge is -2.22. The van der Waals surface area contributed by atoms with E-state index in [1.54, 1.807) is 0 Å². The minimum absolute atomic E-state index is 0. The zero-order chi connectivity index (χ0) is 17.3. The Labute approximate surface area is 161 Å². The summed E-state index contributed by atoms with van der Waals surface area (Å²) in [6, 6.07) is 17.6. The van der Waals surface area contributed by atoms with Crippen molar-refractivity contribution in [3.05, 3.63) is 60.2 Å². The maximum Gasteiger partial charge on any atom is 0.220 e. The number of carbonyl (C=O) groups excluding carboxylic acids is 1. The van der Waals surface area contributed by atoms with E-state index in [9.17, 15) is 4.79 Å². The second-order valence-corrected chi connectivity index (χ2v) is 6.57. The molecule has 4 nitrogen and oxygen atoms in total. The van der Waals surface area contributed by atoms with E-state index < -0.39 is 0 Å². The van der Waals surface area contributed by atoms with Gasteiger partial charge < -0.3 is 15.4 Å². The summed E-state index contributed by atoms with van der Waals surface area (Å²) in [7, 11) is 0. The summed E-state index contributed by atoms with van der Waals surface area (Å²) < 4.78 is 5.77. The minimum Gasteiger partial charge on any atom is -0.457 e. The molecule has 5 heteroatoms. The van der Waals surface area contributed by atoms with Crippen LogP contribution in [0.1, 0.15) is 31.2 Å². The van der Waals surface area contributed by atoms with Crippen molar-refractivity contribution in [2.75, 3.05) is 13.1 Å². The van der Waals surface area contributed by atoms with Gasteiger partial charge in [-0.2, -0.15) is 0 Å². The molecule has 1 aliphatic rings. The molecule has 1 heterocycles. The van der Waals surface area contributed by atoms with Crippen LogP contribution in [0, 0.1) is 5.92 Å². The van der Waals surface area contributed by atoms with Crippen molar-refractivity contribution >= 4 is 18.3 Å². The lowest BCUT2D eigenvalue weighted by Crippen LogP contribution is -2.29. The van der Waals surface area contributed by atoms with E-state index in [4.69, 9.17) is 4.74 Å². The first-order valence-electron chi connectivity index (χ1n) is 9.09. The molecule has 0 bridgehead atoms. The van der Waals surface area contributed by atoms with E-state index in [0.717, 1.165) is 36.6 Å². The quantitative estimate of drug-likeness (QED) is 0.759. The molecular formula is C21H27ClN2O2. The zero-order valence-corrected chi connectivity index (χ0v) is 15.8. The highest BCUT2D eigenvalue weighted by molar-refractivity contribution is 5.85. The predicted molar refractivity (Wildman–Crippen MR) is 107 cm³/mol. The van der Waals surface area contributed by atoms with Crippen LogP contribution >= 0.6 is 12.4 Å². The van der Waals surface area contributed by atoms with Crippen LogP contribution < -0.4 is 15.4 Å². The Hall–Kier alpha value is -2.04. The summed E-state index contributed by atoms with van der Waals surface area (Å²) in [4.78, 5) is 12.0. The third-order valence-corrected chi connectivity index (χ3v) is 4.63. The number of hydrogen-bond acceptors (Lipinski definition) is 3. The molecule has 2 aromatic rings. The van der Waals surface area contributed by atoms with Crippen molar-refractivity contribution in [2.24, 2.45) is 5.92 Å². The molecule has 140 valence electrons. The molecule has 0 radical (unpaired) electrons. The number of halogens is 1. The maximum atomic E-state index is 12.0. The standard InChI is InChI=1S/C21H26N2O2.ClH/c24-21(11-8-17-12-14-22-15-13-17)23-16-18-6-9-20(10-7-18)25-19-4-2-1-3-5-19;/h1-7,9-10,17,22H,8,11-16H2,(H,23,24);1H. The highest BCUT2D eigenvalue weighted by atomic mass is 35.5. The van der Waals surface area contributed by atoms with Crippen LogP contribution in [-0.2, 0) is 11.3 Å². The Bertz CT molecular complexity index is 655. The second-order valence-electron chi connectivity index (χ2n) is 6.57. The van der Waals surface area contributed by atoms with Gasteiger partial charge in [0.25, 0.3) is 0 Å². The normalized spacial score (nSPS) is 14.3. The maximum absolute atomic E-state index is 12.0. The molecule has 2 aromatic carbocycles. The smallest absolute Gasteiger partial charge is 0.220 e. The summed E-state index contributed by atoms with van der Waals surface area (Å²) in [5, 5.41) is 6.37. The predicted octanol–water partition coefficient (Wildman–Crippen LogP) is 4.30. The summed E-state index contributed by atoms with van der Waals surface area (Å²) in [5.41, 5.74) is 1.08. The van der Waals surface area contributed by atoms with E-state index in [0.29, 0.717) is 18.9 Å². The summed E-state index contributed by atoms with van der Waals surface area (Å²) in [6.45, 7) is 2.74. The third-order valence-electron chi connectivity index (χ3n) is 4.63. The molecule has 0 atom stereocenters. The van der Waals surface area contributed by atoms with Crippen LogP contribution in [-0.4, -0.2) is 19.0 Å². The third kappa shape index (κ3) is 6.70. The van der Waals surface area contributed by atoms with Crippen LogP contribution in [0.2, 0.25) is 0 Å². The fraction of sp³-hybridized carbons (Fsp3) is 0.381. The first-order valence-corrected chi connectivity index (χ1v) is 9.09. The Kier molecular flexibility index (Phi) is 8.45. The van der Waals surface area contributed by atoms with Gasteiger partial charge in [-0.05, 0) is 68.1 Å². The highest BCUT2D eigenvalue weighted by Gasteiger charge is 2.14. The average Bonchev–Trinajstić information content (AvgIpc) is 2.67. The van der Waals surface area contributed by atoms with Crippen molar-refractivity contribution in [3.8, 4) is 11.5 Å².